The third kappa shape index (κ3) is 5.90. The Morgan fingerprint density at radius 1 is 1.13 bits per heavy atom. The molecule has 0 bridgehead atoms. The first-order valence-corrected chi connectivity index (χ1v) is 10.4. The van der Waals surface area contributed by atoms with Crippen LogP contribution in [0.1, 0.15) is 30.1 Å². The maximum absolute atomic E-state index is 12.9. The number of nitrogens with zero attached hydrogens (tertiary/aromatic N) is 2. The molecule has 3 rings (SSSR count). The van der Waals surface area contributed by atoms with E-state index in [1.165, 1.54) is 23.1 Å². The number of amides is 3. The van der Waals surface area contributed by atoms with E-state index in [9.17, 15) is 23.2 Å². The monoisotopic (exact) mass is 439 g/mol. The molecule has 1 aromatic carbocycles. The van der Waals surface area contributed by atoms with Crippen molar-refractivity contribution in [3.05, 3.63) is 29.8 Å². The van der Waals surface area contributed by atoms with Gasteiger partial charge in [0.05, 0.1) is 24.7 Å². The molecule has 2 fully saturated rings. The van der Waals surface area contributed by atoms with E-state index in [4.69, 9.17) is 4.74 Å². The third-order valence-corrected chi connectivity index (χ3v) is 5.46. The summed E-state index contributed by atoms with van der Waals surface area (Å²) in [6, 6.07) is 5.13. The molecular weight excluding hydrogens is 412 g/mol. The fraction of sp³-hybridized carbons (Fsp3) is 0.571. The van der Waals surface area contributed by atoms with Crippen molar-refractivity contribution in [1.82, 2.24) is 15.1 Å². The number of likely N-dealkylation sites (tertiary alicyclic amines) is 1. The molecule has 0 radical (unpaired) electrons. The number of hydrogen-bond acceptors (Lipinski definition) is 5. The highest BCUT2D eigenvalue weighted by molar-refractivity contribution is 5.97. The molecule has 0 spiro atoms. The molecular formula is C21H27F2N3O5. The number of piperidine rings is 1. The van der Waals surface area contributed by atoms with Crippen LogP contribution in [0.3, 0.4) is 0 Å². The number of alkyl halides is 2. The van der Waals surface area contributed by atoms with E-state index in [0.29, 0.717) is 45.7 Å². The molecule has 3 amide bonds. The van der Waals surface area contributed by atoms with E-state index in [2.05, 4.69) is 10.1 Å². The minimum absolute atomic E-state index is 0.0275. The average molecular weight is 439 g/mol. The normalized spacial score (nSPS) is 20.3. The molecule has 2 heterocycles. The Kier molecular flexibility index (Phi) is 7.78. The van der Waals surface area contributed by atoms with Crippen molar-refractivity contribution in [3.8, 4) is 5.75 Å². The van der Waals surface area contributed by atoms with Crippen molar-refractivity contribution >= 4 is 17.7 Å². The van der Waals surface area contributed by atoms with E-state index in [1.807, 2.05) is 0 Å². The van der Waals surface area contributed by atoms with Crippen LogP contribution in [-0.2, 0) is 14.3 Å². The predicted molar refractivity (Wildman–Crippen MR) is 107 cm³/mol. The fourth-order valence-corrected chi connectivity index (χ4v) is 3.84. The first-order valence-electron chi connectivity index (χ1n) is 10.4. The van der Waals surface area contributed by atoms with Gasteiger partial charge in [-0.15, -0.1) is 0 Å². The summed E-state index contributed by atoms with van der Waals surface area (Å²) in [7, 11) is 0. The fourth-order valence-electron chi connectivity index (χ4n) is 3.84. The van der Waals surface area contributed by atoms with Crippen LogP contribution in [0.25, 0.3) is 0 Å². The molecule has 8 nitrogen and oxygen atoms in total. The van der Waals surface area contributed by atoms with Crippen molar-refractivity contribution in [2.24, 2.45) is 5.92 Å². The lowest BCUT2D eigenvalue weighted by molar-refractivity contribution is -0.140. The number of para-hydroxylation sites is 1. The van der Waals surface area contributed by atoms with Crippen LogP contribution < -0.4 is 10.1 Å². The first kappa shape index (κ1) is 22.9. The van der Waals surface area contributed by atoms with E-state index in [0.717, 1.165) is 0 Å². The largest absolute Gasteiger partial charge is 0.434 e. The van der Waals surface area contributed by atoms with Gasteiger partial charge in [0, 0.05) is 26.2 Å². The zero-order valence-electron chi connectivity index (χ0n) is 17.4. The number of rotatable bonds is 6. The van der Waals surface area contributed by atoms with Gasteiger partial charge in [0.25, 0.3) is 5.91 Å². The van der Waals surface area contributed by atoms with E-state index in [-0.39, 0.29) is 29.7 Å². The molecule has 0 aromatic heterocycles. The SMILES string of the molecule is CC(NC(=O)C1CCCN(C(=O)c2ccccc2OC(F)F)C1)C(=O)N1CCOCC1. The smallest absolute Gasteiger partial charge is 0.387 e. The summed E-state index contributed by atoms with van der Waals surface area (Å²) in [5.41, 5.74) is 0.0275. The summed E-state index contributed by atoms with van der Waals surface area (Å²) in [5, 5.41) is 2.75. The molecule has 10 heteroatoms. The topological polar surface area (TPSA) is 88.2 Å². The van der Waals surface area contributed by atoms with E-state index >= 15 is 0 Å². The standard InChI is InChI=1S/C21H27F2N3O5/c1-14(19(28)25-9-11-30-12-10-25)24-18(27)15-5-4-8-26(13-15)20(29)16-6-2-3-7-17(16)31-21(22)23/h2-3,6-7,14-15,21H,4-5,8-13H2,1H3,(H,24,27). The highest BCUT2D eigenvalue weighted by Gasteiger charge is 2.32. The highest BCUT2D eigenvalue weighted by atomic mass is 19.3. The molecule has 1 N–H and O–H groups in total. The molecule has 1 aromatic rings. The molecule has 2 aliphatic heterocycles. The maximum atomic E-state index is 12.9. The van der Waals surface area contributed by atoms with Crippen molar-refractivity contribution in [3.63, 3.8) is 0 Å². The zero-order valence-corrected chi connectivity index (χ0v) is 17.4. The van der Waals surface area contributed by atoms with Gasteiger partial charge in [-0.25, -0.2) is 0 Å². The van der Waals surface area contributed by atoms with Crippen LogP contribution in [0, 0.1) is 5.92 Å². The Labute approximate surface area is 179 Å². The first-order chi connectivity index (χ1) is 14.9. The van der Waals surface area contributed by atoms with Gasteiger partial charge < -0.3 is 24.6 Å². The number of ether oxygens (including phenoxy) is 2. The molecule has 170 valence electrons. The summed E-state index contributed by atoms with van der Waals surface area (Å²) >= 11 is 0. The van der Waals surface area contributed by atoms with Gasteiger partial charge in [-0.1, -0.05) is 12.1 Å². The number of hydrogen-bond donors (Lipinski definition) is 1. The number of nitrogens with one attached hydrogen (secondary N) is 1. The molecule has 0 saturated carbocycles. The summed E-state index contributed by atoms with van der Waals surface area (Å²) in [6.45, 7) is 1.08. The second-order valence-electron chi connectivity index (χ2n) is 7.63. The molecule has 31 heavy (non-hydrogen) atoms. The van der Waals surface area contributed by atoms with Gasteiger partial charge in [-0.2, -0.15) is 8.78 Å². The van der Waals surface area contributed by atoms with Crippen molar-refractivity contribution in [2.75, 3.05) is 39.4 Å². The number of morpholine rings is 1. The Bertz CT molecular complexity index is 801. The summed E-state index contributed by atoms with van der Waals surface area (Å²) in [6.07, 6.45) is 1.16. The van der Waals surface area contributed by atoms with Crippen molar-refractivity contribution < 1.29 is 32.6 Å². The Morgan fingerprint density at radius 2 is 1.84 bits per heavy atom. The number of carbonyl (C=O) groups is 3. The van der Waals surface area contributed by atoms with Gasteiger partial charge in [0.15, 0.2) is 0 Å². The lowest BCUT2D eigenvalue weighted by Gasteiger charge is -2.34. The third-order valence-electron chi connectivity index (χ3n) is 5.46. The lowest BCUT2D eigenvalue weighted by atomic mass is 9.96. The van der Waals surface area contributed by atoms with Gasteiger partial charge in [-0.05, 0) is 31.9 Å². The predicted octanol–water partition coefficient (Wildman–Crippen LogP) is 1.50. The molecule has 2 unspecified atom stereocenters. The van der Waals surface area contributed by atoms with Gasteiger partial charge in [-0.3, -0.25) is 14.4 Å². The molecule has 0 aliphatic carbocycles. The maximum Gasteiger partial charge on any atom is 0.387 e. The zero-order chi connectivity index (χ0) is 22.4. The molecule has 2 atom stereocenters. The summed E-state index contributed by atoms with van der Waals surface area (Å²) in [5.74, 6) is -1.62. The lowest BCUT2D eigenvalue weighted by Crippen LogP contribution is -2.53. The molecule has 2 saturated heterocycles. The van der Waals surface area contributed by atoms with Gasteiger partial charge >= 0.3 is 6.61 Å². The van der Waals surface area contributed by atoms with Gasteiger partial charge in [0.2, 0.25) is 11.8 Å². The van der Waals surface area contributed by atoms with Crippen LogP contribution in [0.5, 0.6) is 5.75 Å². The van der Waals surface area contributed by atoms with Crippen LogP contribution in [0.2, 0.25) is 0 Å². The second-order valence-corrected chi connectivity index (χ2v) is 7.63. The van der Waals surface area contributed by atoms with Crippen molar-refractivity contribution in [2.45, 2.75) is 32.4 Å². The number of benzene rings is 1. The Hall–Kier alpha value is -2.75. The van der Waals surface area contributed by atoms with Crippen LogP contribution in [0.4, 0.5) is 8.78 Å². The van der Waals surface area contributed by atoms with Crippen molar-refractivity contribution in [1.29, 1.82) is 0 Å². The summed E-state index contributed by atoms with van der Waals surface area (Å²) in [4.78, 5) is 41.3. The molecule has 2 aliphatic rings. The van der Waals surface area contributed by atoms with E-state index in [1.54, 1.807) is 17.9 Å². The minimum atomic E-state index is -3.04. The quantitative estimate of drug-likeness (QED) is 0.726. The Morgan fingerprint density at radius 3 is 2.55 bits per heavy atom. The summed E-state index contributed by atoms with van der Waals surface area (Å²) < 4.78 is 35.0. The number of carbonyl (C=O) groups excluding carboxylic acids is 3. The van der Waals surface area contributed by atoms with Gasteiger partial charge in [0.1, 0.15) is 11.8 Å². The highest BCUT2D eigenvalue weighted by Crippen LogP contribution is 2.25. The number of halogens is 2. The average Bonchev–Trinajstić information content (AvgIpc) is 2.78. The van der Waals surface area contributed by atoms with E-state index < -0.39 is 24.5 Å². The Balaban J connectivity index is 1.60. The second kappa shape index (κ2) is 10.5. The van der Waals surface area contributed by atoms with Crippen LogP contribution >= 0.6 is 0 Å². The van der Waals surface area contributed by atoms with Crippen LogP contribution in [0.15, 0.2) is 24.3 Å². The minimum Gasteiger partial charge on any atom is -0.434 e. The van der Waals surface area contributed by atoms with Crippen LogP contribution in [-0.4, -0.2) is 79.6 Å².